The Balaban J connectivity index is 2.37. The molecule has 1 atom stereocenters. The van der Waals surface area contributed by atoms with Crippen LogP contribution in [-0.4, -0.2) is 42.4 Å². The number of thioether (sulfide) groups is 1. The molecule has 1 amide bonds. The predicted molar refractivity (Wildman–Crippen MR) is 61.4 cm³/mol. The smallest absolute Gasteiger partial charge is 0.232 e. The molecule has 4 heteroatoms. The van der Waals surface area contributed by atoms with E-state index in [1.807, 2.05) is 11.2 Å². The molecule has 1 aliphatic rings. The van der Waals surface area contributed by atoms with E-state index in [9.17, 15) is 4.79 Å². The van der Waals surface area contributed by atoms with Crippen molar-refractivity contribution >= 4 is 17.7 Å². The number of carbonyl (C=O) groups is 1. The summed E-state index contributed by atoms with van der Waals surface area (Å²) >= 11 is 1.60. The van der Waals surface area contributed by atoms with Crippen LogP contribution in [0.5, 0.6) is 0 Å². The molecule has 1 aliphatic heterocycles. The van der Waals surface area contributed by atoms with Crippen molar-refractivity contribution in [2.24, 2.45) is 11.7 Å². The lowest BCUT2D eigenvalue weighted by Gasteiger charge is -2.19. The van der Waals surface area contributed by atoms with Gasteiger partial charge in [-0.25, -0.2) is 0 Å². The van der Waals surface area contributed by atoms with Gasteiger partial charge in [0.2, 0.25) is 5.91 Å². The van der Waals surface area contributed by atoms with Gasteiger partial charge in [-0.15, -0.1) is 0 Å². The van der Waals surface area contributed by atoms with Gasteiger partial charge in [-0.1, -0.05) is 0 Å². The van der Waals surface area contributed by atoms with Crippen LogP contribution in [0.2, 0.25) is 0 Å². The second-order valence-corrected chi connectivity index (χ2v) is 4.71. The van der Waals surface area contributed by atoms with Gasteiger partial charge in [-0.3, -0.25) is 4.79 Å². The standard InChI is InChI=1S/C10H20N2OS/c1-14-8-10(13)12-5-2-3-9(7-11)4-6-12/h9H,2-8,11H2,1H3. The highest BCUT2D eigenvalue weighted by Crippen LogP contribution is 2.16. The average molecular weight is 216 g/mol. The van der Waals surface area contributed by atoms with Crippen LogP contribution in [0.25, 0.3) is 0 Å². The maximum atomic E-state index is 11.6. The Hall–Kier alpha value is -0.220. The van der Waals surface area contributed by atoms with E-state index in [4.69, 9.17) is 5.73 Å². The fourth-order valence-electron chi connectivity index (χ4n) is 1.87. The van der Waals surface area contributed by atoms with Crippen LogP contribution in [0.3, 0.4) is 0 Å². The molecule has 0 bridgehead atoms. The van der Waals surface area contributed by atoms with Crippen molar-refractivity contribution in [1.29, 1.82) is 0 Å². The molecule has 0 spiro atoms. The zero-order chi connectivity index (χ0) is 10.4. The summed E-state index contributed by atoms with van der Waals surface area (Å²) in [7, 11) is 0. The van der Waals surface area contributed by atoms with Gasteiger partial charge in [0.15, 0.2) is 0 Å². The van der Waals surface area contributed by atoms with Gasteiger partial charge < -0.3 is 10.6 Å². The minimum absolute atomic E-state index is 0.287. The molecule has 0 aliphatic carbocycles. The first-order valence-electron chi connectivity index (χ1n) is 5.24. The van der Waals surface area contributed by atoms with Crippen molar-refractivity contribution in [3.63, 3.8) is 0 Å². The Morgan fingerprint density at radius 3 is 2.93 bits per heavy atom. The third-order valence-electron chi connectivity index (χ3n) is 2.80. The summed E-state index contributed by atoms with van der Waals surface area (Å²) in [5.74, 6) is 1.53. The molecule has 1 unspecified atom stereocenters. The minimum atomic E-state index is 0.287. The van der Waals surface area contributed by atoms with E-state index in [0.717, 1.165) is 32.5 Å². The first kappa shape index (κ1) is 11.9. The number of amides is 1. The highest BCUT2D eigenvalue weighted by molar-refractivity contribution is 7.99. The zero-order valence-corrected chi connectivity index (χ0v) is 9.68. The molecule has 0 aromatic carbocycles. The molecule has 0 saturated carbocycles. The number of nitrogens with zero attached hydrogens (tertiary/aromatic N) is 1. The predicted octanol–water partition coefficient (Wildman–Crippen LogP) is 0.937. The Labute approximate surface area is 90.4 Å². The molecule has 82 valence electrons. The average Bonchev–Trinajstić information content (AvgIpc) is 2.42. The number of rotatable bonds is 3. The van der Waals surface area contributed by atoms with E-state index in [2.05, 4.69) is 0 Å². The second-order valence-electron chi connectivity index (χ2n) is 3.85. The molecule has 1 saturated heterocycles. The molecule has 3 nitrogen and oxygen atoms in total. The molecule has 1 rings (SSSR count). The molecular weight excluding hydrogens is 196 g/mol. The van der Waals surface area contributed by atoms with Crippen molar-refractivity contribution in [3.8, 4) is 0 Å². The molecule has 1 heterocycles. The van der Waals surface area contributed by atoms with Crippen molar-refractivity contribution in [1.82, 2.24) is 4.90 Å². The number of likely N-dealkylation sites (tertiary alicyclic amines) is 1. The van der Waals surface area contributed by atoms with E-state index < -0.39 is 0 Å². The quantitative estimate of drug-likeness (QED) is 0.763. The van der Waals surface area contributed by atoms with E-state index in [-0.39, 0.29) is 5.91 Å². The molecular formula is C10H20N2OS. The van der Waals surface area contributed by atoms with Crippen LogP contribution in [0.1, 0.15) is 19.3 Å². The minimum Gasteiger partial charge on any atom is -0.342 e. The topological polar surface area (TPSA) is 46.3 Å². The van der Waals surface area contributed by atoms with E-state index in [1.54, 1.807) is 11.8 Å². The van der Waals surface area contributed by atoms with Gasteiger partial charge in [0.05, 0.1) is 5.75 Å². The molecule has 1 fully saturated rings. The largest absolute Gasteiger partial charge is 0.342 e. The van der Waals surface area contributed by atoms with Gasteiger partial charge in [0.1, 0.15) is 0 Å². The fourth-order valence-corrected chi connectivity index (χ4v) is 2.29. The summed E-state index contributed by atoms with van der Waals surface area (Å²) < 4.78 is 0. The van der Waals surface area contributed by atoms with E-state index >= 15 is 0 Å². The Kier molecular flexibility index (Phi) is 5.33. The van der Waals surface area contributed by atoms with Crippen LogP contribution in [-0.2, 0) is 4.79 Å². The lowest BCUT2D eigenvalue weighted by molar-refractivity contribution is -0.128. The normalized spacial score (nSPS) is 23.3. The van der Waals surface area contributed by atoms with Crippen LogP contribution in [0.15, 0.2) is 0 Å². The van der Waals surface area contributed by atoms with Crippen molar-refractivity contribution in [2.45, 2.75) is 19.3 Å². The van der Waals surface area contributed by atoms with Gasteiger partial charge in [0.25, 0.3) is 0 Å². The number of nitrogens with two attached hydrogens (primary N) is 1. The molecule has 0 radical (unpaired) electrons. The maximum Gasteiger partial charge on any atom is 0.232 e. The van der Waals surface area contributed by atoms with Gasteiger partial charge in [0, 0.05) is 13.1 Å². The lowest BCUT2D eigenvalue weighted by atomic mass is 10.0. The third kappa shape index (κ3) is 3.50. The number of hydrogen-bond acceptors (Lipinski definition) is 3. The Morgan fingerprint density at radius 1 is 1.50 bits per heavy atom. The third-order valence-corrected chi connectivity index (χ3v) is 3.34. The summed E-state index contributed by atoms with van der Waals surface area (Å²) in [6.45, 7) is 2.60. The first-order chi connectivity index (χ1) is 6.77. The van der Waals surface area contributed by atoms with Gasteiger partial charge in [-0.2, -0.15) is 11.8 Å². The van der Waals surface area contributed by atoms with Gasteiger partial charge >= 0.3 is 0 Å². The van der Waals surface area contributed by atoms with Crippen LogP contribution in [0.4, 0.5) is 0 Å². The maximum absolute atomic E-state index is 11.6. The molecule has 0 aromatic heterocycles. The molecule has 0 aromatic rings. The Morgan fingerprint density at radius 2 is 2.29 bits per heavy atom. The SMILES string of the molecule is CSCC(=O)N1CCCC(CN)CC1. The van der Waals surface area contributed by atoms with Crippen LogP contribution < -0.4 is 5.73 Å². The van der Waals surface area contributed by atoms with Crippen LogP contribution >= 0.6 is 11.8 Å². The van der Waals surface area contributed by atoms with E-state index in [1.165, 1.54) is 6.42 Å². The Bertz CT molecular complexity index is 187. The number of hydrogen-bond donors (Lipinski definition) is 1. The first-order valence-corrected chi connectivity index (χ1v) is 6.64. The van der Waals surface area contributed by atoms with Crippen molar-refractivity contribution in [2.75, 3.05) is 31.6 Å². The molecule has 2 N–H and O–H groups in total. The number of carbonyl (C=O) groups excluding carboxylic acids is 1. The van der Waals surface area contributed by atoms with Crippen molar-refractivity contribution in [3.05, 3.63) is 0 Å². The fraction of sp³-hybridized carbons (Fsp3) is 0.900. The van der Waals surface area contributed by atoms with Gasteiger partial charge in [-0.05, 0) is 38.0 Å². The molecule has 14 heavy (non-hydrogen) atoms. The summed E-state index contributed by atoms with van der Waals surface area (Å²) in [4.78, 5) is 13.6. The zero-order valence-electron chi connectivity index (χ0n) is 8.87. The summed E-state index contributed by atoms with van der Waals surface area (Å²) in [5.41, 5.74) is 5.65. The summed E-state index contributed by atoms with van der Waals surface area (Å²) in [6, 6.07) is 0. The second kappa shape index (κ2) is 6.30. The van der Waals surface area contributed by atoms with Crippen molar-refractivity contribution < 1.29 is 4.79 Å². The monoisotopic (exact) mass is 216 g/mol. The lowest BCUT2D eigenvalue weighted by Crippen LogP contribution is -2.33. The summed E-state index contributed by atoms with van der Waals surface area (Å²) in [5, 5.41) is 0. The highest BCUT2D eigenvalue weighted by Gasteiger charge is 2.18. The van der Waals surface area contributed by atoms with Crippen LogP contribution in [0, 0.1) is 5.92 Å². The summed E-state index contributed by atoms with van der Waals surface area (Å²) in [6.07, 6.45) is 5.34. The van der Waals surface area contributed by atoms with E-state index in [0.29, 0.717) is 11.7 Å². The highest BCUT2D eigenvalue weighted by atomic mass is 32.2.